The average molecular weight is 383 g/mol. The Balaban J connectivity index is 1.71. The molecule has 28 heavy (non-hydrogen) atoms. The molecule has 1 saturated heterocycles. The number of benzene rings is 1. The number of ether oxygens (including phenoxy) is 2. The van der Waals surface area contributed by atoms with Gasteiger partial charge in [-0.25, -0.2) is 14.6 Å². The normalized spacial score (nSPS) is 17.6. The number of nitrogen functional groups attached to an aromatic ring is 1. The predicted molar refractivity (Wildman–Crippen MR) is 108 cm³/mol. The van der Waals surface area contributed by atoms with Crippen molar-refractivity contribution in [1.82, 2.24) is 25.1 Å². The summed E-state index contributed by atoms with van der Waals surface area (Å²) in [6.45, 7) is 3.88. The summed E-state index contributed by atoms with van der Waals surface area (Å²) < 4.78 is 12.7. The molecular formula is C19H25N7O2. The monoisotopic (exact) mass is 383 g/mol. The Morgan fingerprint density at radius 3 is 2.61 bits per heavy atom. The maximum absolute atomic E-state index is 6.17. The fourth-order valence-corrected chi connectivity index (χ4v) is 3.57. The van der Waals surface area contributed by atoms with Gasteiger partial charge in [-0.05, 0) is 37.6 Å². The topological polar surface area (TPSA) is 112 Å². The van der Waals surface area contributed by atoms with Gasteiger partial charge in [-0.1, -0.05) is 0 Å². The number of anilines is 2. The van der Waals surface area contributed by atoms with E-state index in [9.17, 15) is 0 Å². The van der Waals surface area contributed by atoms with Crippen LogP contribution in [-0.2, 0) is 0 Å². The van der Waals surface area contributed by atoms with Crippen LogP contribution in [-0.4, -0.2) is 47.1 Å². The van der Waals surface area contributed by atoms with Crippen LogP contribution in [0.5, 0.6) is 11.5 Å². The molecule has 3 heterocycles. The van der Waals surface area contributed by atoms with E-state index in [1.807, 2.05) is 22.9 Å². The average Bonchev–Trinajstić information content (AvgIpc) is 3.36. The molecule has 2 atom stereocenters. The zero-order valence-electron chi connectivity index (χ0n) is 16.3. The Labute approximate surface area is 163 Å². The highest BCUT2D eigenvalue weighted by molar-refractivity contribution is 5.96. The molecule has 1 aliphatic heterocycles. The lowest BCUT2D eigenvalue weighted by Crippen LogP contribution is -2.15. The smallest absolute Gasteiger partial charge is 0.165 e. The largest absolute Gasteiger partial charge is 0.497 e. The van der Waals surface area contributed by atoms with Crippen LogP contribution in [0.4, 0.5) is 11.6 Å². The molecule has 0 saturated carbocycles. The summed E-state index contributed by atoms with van der Waals surface area (Å²) >= 11 is 0. The van der Waals surface area contributed by atoms with Crippen LogP contribution in [0, 0.1) is 0 Å². The first kappa shape index (κ1) is 18.3. The lowest BCUT2D eigenvalue weighted by atomic mass is 10.1. The summed E-state index contributed by atoms with van der Waals surface area (Å²) in [6, 6.07) is 5.98. The Hall–Kier alpha value is -3.07. The molecule has 1 fully saturated rings. The Morgan fingerprint density at radius 1 is 1.21 bits per heavy atom. The van der Waals surface area contributed by atoms with Gasteiger partial charge in [0, 0.05) is 12.6 Å². The van der Waals surface area contributed by atoms with E-state index in [2.05, 4.69) is 27.5 Å². The molecule has 9 nitrogen and oxygen atoms in total. The second kappa shape index (κ2) is 7.51. The molecule has 1 unspecified atom stereocenters. The number of nitrogens with two attached hydrogens (primary N) is 1. The molecule has 2 aromatic heterocycles. The van der Waals surface area contributed by atoms with Gasteiger partial charge in [-0.2, -0.15) is 5.10 Å². The molecule has 148 valence electrons. The van der Waals surface area contributed by atoms with Crippen molar-refractivity contribution in [1.29, 1.82) is 0 Å². The van der Waals surface area contributed by atoms with Crippen molar-refractivity contribution in [2.45, 2.75) is 25.4 Å². The van der Waals surface area contributed by atoms with Crippen molar-refractivity contribution in [3.05, 3.63) is 30.1 Å². The van der Waals surface area contributed by atoms with Crippen molar-refractivity contribution in [2.24, 2.45) is 0 Å². The number of aromatic nitrogens is 4. The highest BCUT2D eigenvalue weighted by atomic mass is 16.5. The quantitative estimate of drug-likeness (QED) is 0.593. The number of rotatable bonds is 6. The van der Waals surface area contributed by atoms with Gasteiger partial charge in [-0.3, -0.25) is 0 Å². The minimum absolute atomic E-state index is 0.0585. The van der Waals surface area contributed by atoms with E-state index in [1.54, 1.807) is 14.2 Å². The number of nitrogens with zero attached hydrogens (tertiary/aromatic N) is 4. The zero-order valence-corrected chi connectivity index (χ0v) is 16.3. The first-order valence-electron chi connectivity index (χ1n) is 9.29. The summed E-state index contributed by atoms with van der Waals surface area (Å²) in [5.41, 5.74) is 7.93. The van der Waals surface area contributed by atoms with Gasteiger partial charge in [0.2, 0.25) is 0 Å². The third-order valence-corrected chi connectivity index (χ3v) is 5.13. The van der Waals surface area contributed by atoms with Crippen molar-refractivity contribution in [3.8, 4) is 11.5 Å². The molecule has 9 heteroatoms. The molecular weight excluding hydrogens is 358 g/mol. The highest BCUT2D eigenvalue weighted by Gasteiger charge is 2.24. The van der Waals surface area contributed by atoms with Crippen LogP contribution in [0.15, 0.2) is 24.5 Å². The van der Waals surface area contributed by atoms with E-state index < -0.39 is 0 Å². The number of hydrogen-bond donors (Lipinski definition) is 3. The fourth-order valence-electron chi connectivity index (χ4n) is 3.57. The maximum atomic E-state index is 6.17. The minimum Gasteiger partial charge on any atom is -0.497 e. The standard InChI is InChI=1S/C19H25N7O2/c1-11(12-6-14(27-2)8-15(7-12)28-3)24-18-16-17(20)22-10-23-19(16)26(25-18)13-4-5-21-9-13/h6-8,10-11,13,21H,4-5,9H2,1-3H3,(H,24,25)(H2,20,22,23)/t11-,13?/m0/s1. The predicted octanol–water partition coefficient (Wildman–Crippen LogP) is 2.13. The molecule has 4 rings (SSSR count). The third kappa shape index (κ3) is 3.29. The summed E-state index contributed by atoms with van der Waals surface area (Å²) in [7, 11) is 3.28. The summed E-state index contributed by atoms with van der Waals surface area (Å²) in [6.07, 6.45) is 2.49. The van der Waals surface area contributed by atoms with Crippen LogP contribution >= 0.6 is 0 Å². The highest BCUT2D eigenvalue weighted by Crippen LogP contribution is 2.33. The first-order chi connectivity index (χ1) is 13.6. The molecule has 3 aromatic rings. The van der Waals surface area contributed by atoms with Gasteiger partial charge in [0.05, 0.1) is 26.3 Å². The van der Waals surface area contributed by atoms with E-state index in [4.69, 9.17) is 20.3 Å². The Bertz CT molecular complexity index is 960. The summed E-state index contributed by atoms with van der Waals surface area (Å²) in [5.74, 6) is 2.56. The SMILES string of the molecule is COc1cc(OC)cc([C@H](C)Nc2nn(C3CCNC3)c3ncnc(N)c23)c1. The summed E-state index contributed by atoms with van der Waals surface area (Å²) in [4.78, 5) is 8.60. The van der Waals surface area contributed by atoms with E-state index in [0.717, 1.165) is 47.6 Å². The van der Waals surface area contributed by atoms with Gasteiger partial charge < -0.3 is 25.8 Å². The van der Waals surface area contributed by atoms with Gasteiger partial charge in [0.25, 0.3) is 0 Å². The van der Waals surface area contributed by atoms with E-state index >= 15 is 0 Å². The van der Waals surface area contributed by atoms with Crippen LogP contribution in [0.25, 0.3) is 11.0 Å². The molecule has 0 radical (unpaired) electrons. The molecule has 1 aromatic carbocycles. The van der Waals surface area contributed by atoms with Crippen molar-refractivity contribution < 1.29 is 9.47 Å². The number of methoxy groups -OCH3 is 2. The molecule has 1 aliphatic rings. The van der Waals surface area contributed by atoms with Gasteiger partial charge in [-0.15, -0.1) is 0 Å². The second-order valence-corrected chi connectivity index (χ2v) is 6.91. The minimum atomic E-state index is -0.0585. The van der Waals surface area contributed by atoms with Crippen molar-refractivity contribution in [3.63, 3.8) is 0 Å². The lowest BCUT2D eigenvalue weighted by molar-refractivity contribution is 0.393. The number of hydrogen-bond acceptors (Lipinski definition) is 8. The zero-order chi connectivity index (χ0) is 19.7. The van der Waals surface area contributed by atoms with Crippen LogP contribution < -0.4 is 25.8 Å². The summed E-state index contributed by atoms with van der Waals surface area (Å²) in [5, 5.41) is 12.4. The van der Waals surface area contributed by atoms with Crippen molar-refractivity contribution in [2.75, 3.05) is 38.4 Å². The van der Waals surface area contributed by atoms with Crippen LogP contribution in [0.1, 0.15) is 31.0 Å². The van der Waals surface area contributed by atoms with Crippen LogP contribution in [0.3, 0.4) is 0 Å². The molecule has 0 bridgehead atoms. The van der Waals surface area contributed by atoms with Gasteiger partial charge in [0.15, 0.2) is 11.5 Å². The maximum Gasteiger partial charge on any atom is 0.165 e. The molecule has 4 N–H and O–H groups in total. The van der Waals surface area contributed by atoms with E-state index in [-0.39, 0.29) is 12.1 Å². The van der Waals surface area contributed by atoms with Crippen molar-refractivity contribution >= 4 is 22.7 Å². The van der Waals surface area contributed by atoms with Gasteiger partial charge in [0.1, 0.15) is 29.0 Å². The van der Waals surface area contributed by atoms with Crippen LogP contribution in [0.2, 0.25) is 0 Å². The molecule has 0 aliphatic carbocycles. The number of nitrogens with one attached hydrogen (secondary N) is 2. The van der Waals surface area contributed by atoms with E-state index in [0.29, 0.717) is 11.6 Å². The second-order valence-electron chi connectivity index (χ2n) is 6.91. The number of fused-ring (bicyclic) bond motifs is 1. The lowest BCUT2D eigenvalue weighted by Gasteiger charge is -2.16. The third-order valence-electron chi connectivity index (χ3n) is 5.13. The fraction of sp³-hybridized carbons (Fsp3) is 0.421. The first-order valence-corrected chi connectivity index (χ1v) is 9.29. The Kier molecular flexibility index (Phi) is 4.91. The molecule has 0 spiro atoms. The van der Waals surface area contributed by atoms with Gasteiger partial charge >= 0.3 is 0 Å². The van der Waals surface area contributed by atoms with E-state index in [1.165, 1.54) is 6.33 Å². The Morgan fingerprint density at radius 2 is 1.96 bits per heavy atom. The molecule has 0 amide bonds.